The SMILES string of the molecule is CCCCc1c(-c2c(C)cccc2C)c(C)nn1-c1[c-]c(Oc2[c-]c3c(cc2)c2ccccc2n3-c2cc(CCC)ccn2)cc(C(C)(C)C)c1.[Pd+2]. The normalized spacial score (nSPS) is 11.7. The van der Waals surface area contributed by atoms with Gasteiger partial charge in [0.2, 0.25) is 0 Å². The van der Waals surface area contributed by atoms with Crippen molar-refractivity contribution in [1.82, 2.24) is 19.3 Å². The van der Waals surface area contributed by atoms with Gasteiger partial charge in [0.1, 0.15) is 5.82 Å². The van der Waals surface area contributed by atoms with E-state index >= 15 is 0 Å². The summed E-state index contributed by atoms with van der Waals surface area (Å²) in [6, 6.07) is 35.1. The number of fused-ring (bicyclic) bond motifs is 3. The van der Waals surface area contributed by atoms with Gasteiger partial charge < -0.3 is 9.30 Å². The van der Waals surface area contributed by atoms with Gasteiger partial charge in [-0.05, 0) is 97.0 Å². The first-order valence-corrected chi connectivity index (χ1v) is 18.4. The Hall–Kier alpha value is -4.50. The Morgan fingerprint density at radius 1 is 0.750 bits per heavy atom. The van der Waals surface area contributed by atoms with Crippen molar-refractivity contribution in [3.8, 4) is 34.1 Å². The predicted octanol–water partition coefficient (Wildman–Crippen LogP) is 11.9. The first-order chi connectivity index (χ1) is 24.6. The number of hydrogen-bond acceptors (Lipinski definition) is 3. The van der Waals surface area contributed by atoms with E-state index in [1.807, 2.05) is 12.3 Å². The Balaban J connectivity index is 0.00000464. The van der Waals surface area contributed by atoms with Crippen molar-refractivity contribution < 1.29 is 25.2 Å². The number of nitrogens with zero attached hydrogens (tertiary/aromatic N) is 4. The maximum absolute atomic E-state index is 6.73. The van der Waals surface area contributed by atoms with Crippen LogP contribution in [0, 0.1) is 32.9 Å². The minimum atomic E-state index is -0.127. The molecule has 0 bridgehead atoms. The number of aromatic nitrogens is 4. The number of pyridine rings is 1. The summed E-state index contributed by atoms with van der Waals surface area (Å²) in [4.78, 5) is 4.82. The van der Waals surface area contributed by atoms with Gasteiger partial charge in [0.05, 0.1) is 5.69 Å². The van der Waals surface area contributed by atoms with E-state index in [1.54, 1.807) is 0 Å². The van der Waals surface area contributed by atoms with Crippen molar-refractivity contribution in [2.24, 2.45) is 0 Å². The standard InChI is InChI=1S/C46H48N4O.Pd/c1-9-11-19-41-45(44-30(3)16-14-17-31(44)4)32(5)48-50(41)35-26-34(46(6,7)8)27-37(28-35)51-36-21-22-39-38-18-12-13-20-40(38)49(42(39)29-36)43-25-33(15-10-2)23-24-47-43;/h12-14,16-18,20-27H,9-11,15,19H2,1-8H3;/q-2;+2. The largest absolute Gasteiger partial charge is 2.00 e. The molecule has 6 heteroatoms. The molecule has 0 aliphatic carbocycles. The number of para-hydroxylation sites is 1. The van der Waals surface area contributed by atoms with Crippen LogP contribution in [0.15, 0.2) is 85.1 Å². The molecule has 0 aliphatic rings. The molecule has 0 fully saturated rings. The summed E-state index contributed by atoms with van der Waals surface area (Å²) in [6.45, 7) is 17.7. The molecule has 0 unspecified atom stereocenters. The molecule has 0 aliphatic heterocycles. The zero-order chi connectivity index (χ0) is 35.9. The van der Waals surface area contributed by atoms with E-state index in [9.17, 15) is 0 Å². The Kier molecular flexibility index (Phi) is 10.9. The second kappa shape index (κ2) is 15.2. The van der Waals surface area contributed by atoms with Crippen molar-refractivity contribution in [3.05, 3.63) is 131 Å². The number of ether oxygens (including phenoxy) is 1. The average Bonchev–Trinajstić information content (AvgIpc) is 3.61. The van der Waals surface area contributed by atoms with Gasteiger partial charge in [-0.2, -0.15) is 11.2 Å². The van der Waals surface area contributed by atoms with Crippen molar-refractivity contribution in [2.45, 2.75) is 92.9 Å². The predicted molar refractivity (Wildman–Crippen MR) is 211 cm³/mol. The van der Waals surface area contributed by atoms with Crippen LogP contribution in [0.5, 0.6) is 11.5 Å². The molecule has 0 spiro atoms. The van der Waals surface area contributed by atoms with Crippen LogP contribution in [0.3, 0.4) is 0 Å². The Labute approximate surface area is 322 Å². The van der Waals surface area contributed by atoms with Crippen molar-refractivity contribution in [2.75, 3.05) is 0 Å². The van der Waals surface area contributed by atoms with Gasteiger partial charge in [-0.1, -0.05) is 89.4 Å². The molecule has 5 nitrogen and oxygen atoms in total. The van der Waals surface area contributed by atoms with Gasteiger partial charge in [0, 0.05) is 34.5 Å². The molecule has 7 aromatic rings. The fourth-order valence-corrected chi connectivity index (χ4v) is 7.33. The number of aryl methyl sites for hydroxylation is 4. The minimum absolute atomic E-state index is 0. The molecular formula is C46H48N4OPd. The van der Waals surface area contributed by atoms with Gasteiger partial charge in [0.25, 0.3) is 0 Å². The Bertz CT molecular complexity index is 2350. The van der Waals surface area contributed by atoms with E-state index in [2.05, 4.69) is 150 Å². The van der Waals surface area contributed by atoms with Crippen LogP contribution in [0.4, 0.5) is 0 Å². The molecule has 268 valence electrons. The number of rotatable bonds is 10. The molecule has 52 heavy (non-hydrogen) atoms. The van der Waals surface area contributed by atoms with Gasteiger partial charge in [-0.25, -0.2) is 4.98 Å². The fraction of sp³-hybridized carbons (Fsp3) is 0.304. The van der Waals surface area contributed by atoms with Crippen LogP contribution in [0.1, 0.15) is 87.5 Å². The van der Waals surface area contributed by atoms with Crippen LogP contribution in [-0.2, 0) is 38.7 Å². The Morgan fingerprint density at radius 2 is 1.52 bits per heavy atom. The third-order valence-corrected chi connectivity index (χ3v) is 9.93. The zero-order valence-electron chi connectivity index (χ0n) is 31.6. The van der Waals surface area contributed by atoms with Crippen molar-refractivity contribution in [3.63, 3.8) is 0 Å². The molecule has 0 atom stereocenters. The van der Waals surface area contributed by atoms with Gasteiger partial charge in [-0.15, -0.1) is 41.3 Å². The second-order valence-corrected chi connectivity index (χ2v) is 14.9. The van der Waals surface area contributed by atoms with Gasteiger partial charge in [0.15, 0.2) is 0 Å². The zero-order valence-corrected chi connectivity index (χ0v) is 33.2. The molecule has 0 saturated heterocycles. The number of hydrogen-bond donors (Lipinski definition) is 0. The molecule has 0 N–H and O–H groups in total. The van der Waals surface area contributed by atoms with Crippen molar-refractivity contribution >= 4 is 21.8 Å². The molecule has 3 aromatic heterocycles. The molecule has 0 amide bonds. The molecule has 3 heterocycles. The summed E-state index contributed by atoms with van der Waals surface area (Å²) >= 11 is 0. The summed E-state index contributed by atoms with van der Waals surface area (Å²) in [6.07, 6.45) is 7.10. The summed E-state index contributed by atoms with van der Waals surface area (Å²) in [5, 5.41) is 7.48. The second-order valence-electron chi connectivity index (χ2n) is 14.9. The van der Waals surface area contributed by atoms with Crippen LogP contribution < -0.4 is 4.74 Å². The van der Waals surface area contributed by atoms with Gasteiger partial charge >= 0.3 is 20.4 Å². The van der Waals surface area contributed by atoms with Crippen LogP contribution in [0.2, 0.25) is 0 Å². The maximum Gasteiger partial charge on any atom is 2.00 e. The van der Waals surface area contributed by atoms with Crippen molar-refractivity contribution in [1.29, 1.82) is 0 Å². The quantitative estimate of drug-likeness (QED) is 0.103. The van der Waals surface area contributed by atoms with E-state index in [-0.39, 0.29) is 25.8 Å². The van der Waals surface area contributed by atoms with E-state index in [4.69, 9.17) is 14.8 Å². The summed E-state index contributed by atoms with van der Waals surface area (Å²) in [7, 11) is 0. The smallest absolute Gasteiger partial charge is 0.509 e. The van der Waals surface area contributed by atoms with Crippen LogP contribution >= 0.6 is 0 Å². The molecule has 0 saturated carbocycles. The number of benzene rings is 4. The van der Waals surface area contributed by atoms with Crippen LogP contribution in [0.25, 0.3) is 44.4 Å². The molecule has 7 rings (SSSR count). The first kappa shape index (κ1) is 37.3. The third-order valence-electron chi connectivity index (χ3n) is 9.93. The molecule has 0 radical (unpaired) electrons. The van der Waals surface area contributed by atoms with E-state index in [1.165, 1.54) is 33.5 Å². The Morgan fingerprint density at radius 3 is 2.25 bits per heavy atom. The topological polar surface area (TPSA) is 44.9 Å². The minimum Gasteiger partial charge on any atom is -0.509 e. The molecular weight excluding hydrogens is 731 g/mol. The summed E-state index contributed by atoms with van der Waals surface area (Å²) in [5.41, 5.74) is 12.5. The average molecular weight is 779 g/mol. The molecule has 4 aromatic carbocycles. The summed E-state index contributed by atoms with van der Waals surface area (Å²) in [5.74, 6) is 2.16. The van der Waals surface area contributed by atoms with E-state index in [0.29, 0.717) is 11.5 Å². The first-order valence-electron chi connectivity index (χ1n) is 18.4. The van der Waals surface area contributed by atoms with E-state index in [0.717, 1.165) is 76.7 Å². The maximum atomic E-state index is 6.73. The number of unbranched alkanes of at least 4 members (excludes halogenated alkanes) is 1. The van der Waals surface area contributed by atoms with Crippen LogP contribution in [-0.4, -0.2) is 19.3 Å². The summed E-state index contributed by atoms with van der Waals surface area (Å²) < 4.78 is 11.1. The van der Waals surface area contributed by atoms with Gasteiger partial charge in [-0.3, -0.25) is 4.68 Å². The van der Waals surface area contributed by atoms with E-state index < -0.39 is 0 Å². The fourth-order valence-electron chi connectivity index (χ4n) is 7.33. The third kappa shape index (κ3) is 7.12. The monoisotopic (exact) mass is 778 g/mol.